The molecule has 0 saturated carbocycles. The van der Waals surface area contributed by atoms with Crippen LogP contribution in [0.15, 0.2) is 30.7 Å². The van der Waals surface area contributed by atoms with Gasteiger partial charge in [-0.25, -0.2) is 27.1 Å². The summed E-state index contributed by atoms with van der Waals surface area (Å²) in [6, 6.07) is 4.42. The van der Waals surface area contributed by atoms with E-state index in [9.17, 15) is 17.6 Å². The summed E-state index contributed by atoms with van der Waals surface area (Å²) >= 11 is 0. The van der Waals surface area contributed by atoms with E-state index in [1.807, 2.05) is 0 Å². The first-order chi connectivity index (χ1) is 17.9. The minimum absolute atomic E-state index is 0.0132. The number of nitrogens with one attached hydrogen (secondary N) is 1. The number of fused-ring (bicyclic) bond motifs is 2. The second-order valence-electron chi connectivity index (χ2n) is 9.32. The van der Waals surface area contributed by atoms with E-state index in [1.165, 1.54) is 28.6 Å². The number of hydrogen-bond donors (Lipinski definition) is 1. The summed E-state index contributed by atoms with van der Waals surface area (Å²) < 4.78 is 69.3. The molecule has 0 radical (unpaired) electrons. The molecule has 2 saturated heterocycles. The summed E-state index contributed by atoms with van der Waals surface area (Å²) in [6.45, 7) is 1.75. The third-order valence-electron chi connectivity index (χ3n) is 7.02. The van der Waals surface area contributed by atoms with Gasteiger partial charge in [0.15, 0.2) is 5.82 Å². The van der Waals surface area contributed by atoms with Gasteiger partial charge in [-0.1, -0.05) is 0 Å². The van der Waals surface area contributed by atoms with E-state index in [4.69, 9.17) is 9.47 Å². The lowest BCUT2D eigenvalue weighted by Crippen LogP contribution is -2.57. The highest BCUT2D eigenvalue weighted by molar-refractivity contribution is 5.90. The molecule has 196 valence electrons. The Morgan fingerprint density at radius 3 is 2.81 bits per heavy atom. The number of anilines is 1. The van der Waals surface area contributed by atoms with Crippen molar-refractivity contribution in [1.29, 1.82) is 0 Å². The van der Waals surface area contributed by atoms with Gasteiger partial charge in [0.25, 0.3) is 6.43 Å². The monoisotopic (exact) mass is 519 g/mol. The molecule has 3 aromatic heterocycles. The zero-order chi connectivity index (χ0) is 25.7. The van der Waals surface area contributed by atoms with Gasteiger partial charge in [-0.05, 0) is 30.2 Å². The molecule has 6 rings (SSSR count). The van der Waals surface area contributed by atoms with E-state index < -0.39 is 31.0 Å². The predicted molar refractivity (Wildman–Crippen MR) is 127 cm³/mol. The van der Waals surface area contributed by atoms with Crippen molar-refractivity contribution in [2.45, 2.75) is 37.6 Å². The minimum atomic E-state index is -2.61. The van der Waals surface area contributed by atoms with E-state index in [0.717, 1.165) is 6.54 Å². The molecule has 2 fully saturated rings. The summed E-state index contributed by atoms with van der Waals surface area (Å²) in [6.07, 6.45) is -0.268. The van der Waals surface area contributed by atoms with Crippen molar-refractivity contribution in [3.63, 3.8) is 0 Å². The molecule has 5 heterocycles. The minimum Gasteiger partial charge on any atom is -0.479 e. The molecular formula is C24H25F4N7O2. The molecule has 13 heteroatoms. The molecular weight excluding hydrogens is 494 g/mol. The molecule has 0 unspecified atom stereocenters. The number of ether oxygens (including phenoxy) is 2. The Morgan fingerprint density at radius 2 is 2.11 bits per heavy atom. The molecule has 2 atom stereocenters. The number of imidazole rings is 1. The van der Waals surface area contributed by atoms with Crippen LogP contribution in [0.2, 0.25) is 0 Å². The Balaban J connectivity index is 1.31. The van der Waals surface area contributed by atoms with Crippen molar-refractivity contribution in [2.24, 2.45) is 0 Å². The number of likely N-dealkylation sites (tertiary alicyclic amines) is 1. The first-order valence-electron chi connectivity index (χ1n) is 12.0. The van der Waals surface area contributed by atoms with Crippen molar-refractivity contribution in [3.05, 3.63) is 36.5 Å². The van der Waals surface area contributed by atoms with Crippen LogP contribution in [-0.4, -0.2) is 87.1 Å². The Morgan fingerprint density at radius 1 is 1.27 bits per heavy atom. The Labute approximate surface area is 209 Å². The van der Waals surface area contributed by atoms with E-state index >= 15 is 0 Å². The van der Waals surface area contributed by atoms with E-state index in [2.05, 4.69) is 25.3 Å². The van der Waals surface area contributed by atoms with Gasteiger partial charge in [-0.15, -0.1) is 5.10 Å². The van der Waals surface area contributed by atoms with Crippen molar-refractivity contribution in [3.8, 4) is 17.0 Å². The van der Waals surface area contributed by atoms with Crippen LogP contribution >= 0.6 is 0 Å². The lowest BCUT2D eigenvalue weighted by Gasteiger charge is -2.42. The highest BCUT2D eigenvalue weighted by Gasteiger charge is 2.35. The zero-order valence-corrected chi connectivity index (χ0v) is 20.0. The largest absolute Gasteiger partial charge is 0.479 e. The summed E-state index contributed by atoms with van der Waals surface area (Å²) in [7, 11) is 1.45. The first kappa shape index (κ1) is 23.9. The lowest BCUT2D eigenvalue weighted by atomic mass is 10.0. The van der Waals surface area contributed by atoms with Gasteiger partial charge in [0.1, 0.15) is 17.2 Å². The number of halogens is 4. The number of piperidine rings is 1. The van der Waals surface area contributed by atoms with E-state index in [0.29, 0.717) is 42.8 Å². The Hall–Kier alpha value is -3.45. The fraction of sp³-hybridized carbons (Fsp3) is 0.458. The van der Waals surface area contributed by atoms with Gasteiger partial charge in [-0.3, -0.25) is 4.90 Å². The third-order valence-corrected chi connectivity index (χ3v) is 7.02. The summed E-state index contributed by atoms with van der Waals surface area (Å²) in [5.74, 6) is -0.221. The van der Waals surface area contributed by atoms with E-state index in [-0.39, 0.29) is 28.9 Å². The van der Waals surface area contributed by atoms with Gasteiger partial charge in [0, 0.05) is 24.8 Å². The number of nitrogens with zero attached hydrogens (tertiary/aromatic N) is 6. The molecule has 2 aliphatic rings. The van der Waals surface area contributed by atoms with Gasteiger partial charge in [0.2, 0.25) is 11.8 Å². The fourth-order valence-electron chi connectivity index (χ4n) is 5.02. The number of benzene rings is 1. The number of hydrogen-bond acceptors (Lipinski definition) is 7. The first-order valence-corrected chi connectivity index (χ1v) is 12.0. The van der Waals surface area contributed by atoms with Gasteiger partial charge >= 0.3 is 0 Å². The van der Waals surface area contributed by atoms with Crippen molar-refractivity contribution in [2.75, 3.05) is 38.7 Å². The highest BCUT2D eigenvalue weighted by Crippen LogP contribution is 2.34. The van der Waals surface area contributed by atoms with Crippen LogP contribution < -0.4 is 10.1 Å². The summed E-state index contributed by atoms with van der Waals surface area (Å²) in [5.41, 5.74) is 1.71. The molecule has 1 aromatic carbocycles. The molecule has 0 aliphatic carbocycles. The van der Waals surface area contributed by atoms with Crippen LogP contribution in [0.4, 0.5) is 23.5 Å². The zero-order valence-electron chi connectivity index (χ0n) is 20.0. The number of methoxy groups -OCH3 is 1. The van der Waals surface area contributed by atoms with Crippen LogP contribution in [0, 0.1) is 5.82 Å². The van der Waals surface area contributed by atoms with Gasteiger partial charge in [-0.2, -0.15) is 4.98 Å². The lowest BCUT2D eigenvalue weighted by molar-refractivity contribution is -0.0794. The van der Waals surface area contributed by atoms with Crippen LogP contribution in [0.3, 0.4) is 0 Å². The van der Waals surface area contributed by atoms with Crippen molar-refractivity contribution in [1.82, 2.24) is 29.0 Å². The van der Waals surface area contributed by atoms with Gasteiger partial charge < -0.3 is 19.4 Å². The topological polar surface area (TPSA) is 81.7 Å². The second kappa shape index (κ2) is 9.45. The SMILES string of the molecule is COc1nc(N[C@H]2CCN(C3COC3)C[C@H]2F)nn2ccc(-c3cc(F)c4ncn(CC(F)F)c4c3)c12. The molecule has 2 aliphatic heterocycles. The smallest absolute Gasteiger partial charge is 0.256 e. The number of alkyl halides is 3. The van der Waals surface area contributed by atoms with Crippen LogP contribution in [0.25, 0.3) is 27.7 Å². The maximum atomic E-state index is 14.9. The normalized spacial score (nSPS) is 21.1. The average molecular weight is 520 g/mol. The molecule has 4 aromatic rings. The quantitative estimate of drug-likeness (QED) is 0.375. The van der Waals surface area contributed by atoms with Crippen molar-refractivity contribution < 1.29 is 27.0 Å². The average Bonchev–Trinajstić information content (AvgIpc) is 3.43. The predicted octanol–water partition coefficient (Wildman–Crippen LogP) is 3.38. The maximum Gasteiger partial charge on any atom is 0.256 e. The maximum absolute atomic E-state index is 14.9. The number of aromatic nitrogens is 5. The van der Waals surface area contributed by atoms with Crippen molar-refractivity contribution >= 4 is 22.5 Å². The van der Waals surface area contributed by atoms with Gasteiger partial charge in [0.05, 0.1) is 50.8 Å². The molecule has 0 spiro atoms. The van der Waals surface area contributed by atoms with E-state index in [1.54, 1.807) is 18.3 Å². The Bertz CT molecular complexity index is 1440. The standard InChI is InChI=1S/C24H25F4N7O2/c1-36-23-22-15(13-6-16(25)21-19(7-13)34(12-29-21)9-20(27)28)2-5-35(22)32-24(31-23)30-18-3-4-33(8-17(18)26)14-10-37-11-14/h2,5-7,12,14,17-18,20H,3-4,8-11H2,1H3,(H,30,32)/t17-,18+/m1/s1. The second-order valence-corrected chi connectivity index (χ2v) is 9.32. The molecule has 0 bridgehead atoms. The summed E-state index contributed by atoms with van der Waals surface area (Å²) in [5, 5.41) is 7.57. The van der Waals surface area contributed by atoms with Crippen LogP contribution in [0.5, 0.6) is 5.88 Å². The molecule has 1 N–H and O–H groups in total. The molecule has 37 heavy (non-hydrogen) atoms. The summed E-state index contributed by atoms with van der Waals surface area (Å²) in [4.78, 5) is 10.5. The Kier molecular flexibility index (Phi) is 6.11. The van der Waals surface area contributed by atoms with Crippen LogP contribution in [-0.2, 0) is 11.3 Å². The molecule has 0 amide bonds. The van der Waals surface area contributed by atoms with Crippen LogP contribution in [0.1, 0.15) is 6.42 Å². The number of rotatable bonds is 7. The molecule has 9 nitrogen and oxygen atoms in total. The highest BCUT2D eigenvalue weighted by atomic mass is 19.3. The third kappa shape index (κ3) is 4.35. The fourth-order valence-corrected chi connectivity index (χ4v) is 5.02.